The Bertz CT molecular complexity index is 306. The molecule has 1 heterocycles. The van der Waals surface area contributed by atoms with Crippen LogP contribution in [0.25, 0.3) is 0 Å². The molecule has 0 aliphatic rings. The van der Waals surface area contributed by atoms with Crippen LogP contribution in [0.1, 0.15) is 26.5 Å². The van der Waals surface area contributed by atoms with Crippen molar-refractivity contribution in [1.82, 2.24) is 5.32 Å². The average Bonchev–Trinajstić information content (AvgIpc) is 2.67. The molecule has 1 aromatic rings. The van der Waals surface area contributed by atoms with Gasteiger partial charge >= 0.3 is 0 Å². The van der Waals surface area contributed by atoms with Crippen molar-refractivity contribution in [1.29, 1.82) is 0 Å². The van der Waals surface area contributed by atoms with Crippen molar-refractivity contribution in [3.8, 4) is 0 Å². The highest BCUT2D eigenvalue weighted by atomic mass is 16.5. The zero-order chi connectivity index (χ0) is 12.0. The van der Waals surface area contributed by atoms with Crippen LogP contribution in [0.3, 0.4) is 0 Å². The lowest BCUT2D eigenvalue weighted by Crippen LogP contribution is -2.37. The summed E-state index contributed by atoms with van der Waals surface area (Å²) in [5.41, 5.74) is 0. The Labute approximate surface area is 96.0 Å². The van der Waals surface area contributed by atoms with Gasteiger partial charge in [0.1, 0.15) is 12.4 Å². The summed E-state index contributed by atoms with van der Waals surface area (Å²) in [7, 11) is 0. The van der Waals surface area contributed by atoms with E-state index in [4.69, 9.17) is 9.15 Å². The van der Waals surface area contributed by atoms with Crippen LogP contribution in [0.4, 0.5) is 0 Å². The Morgan fingerprint density at radius 1 is 1.50 bits per heavy atom. The Hall–Kier alpha value is -1.29. The van der Waals surface area contributed by atoms with E-state index in [-0.39, 0.29) is 24.7 Å². The zero-order valence-corrected chi connectivity index (χ0v) is 10.0. The van der Waals surface area contributed by atoms with E-state index in [9.17, 15) is 4.79 Å². The second kappa shape index (κ2) is 6.33. The van der Waals surface area contributed by atoms with E-state index in [0.717, 1.165) is 5.76 Å². The zero-order valence-electron chi connectivity index (χ0n) is 10.0. The average molecular weight is 225 g/mol. The van der Waals surface area contributed by atoms with Crippen LogP contribution >= 0.6 is 0 Å². The van der Waals surface area contributed by atoms with Gasteiger partial charge in [-0.05, 0) is 32.9 Å². The van der Waals surface area contributed by atoms with Gasteiger partial charge in [-0.25, -0.2) is 0 Å². The van der Waals surface area contributed by atoms with Gasteiger partial charge in [0.2, 0.25) is 5.91 Å². The largest absolute Gasteiger partial charge is 0.469 e. The number of rotatable bonds is 6. The van der Waals surface area contributed by atoms with Gasteiger partial charge in [0.05, 0.1) is 12.4 Å². The molecule has 0 radical (unpaired) electrons. The van der Waals surface area contributed by atoms with E-state index in [1.165, 1.54) is 0 Å². The maximum absolute atomic E-state index is 11.4. The molecule has 1 rings (SSSR count). The molecule has 1 unspecified atom stereocenters. The number of hydrogen-bond acceptors (Lipinski definition) is 3. The minimum absolute atomic E-state index is 0.0504. The van der Waals surface area contributed by atoms with Gasteiger partial charge in [-0.2, -0.15) is 0 Å². The highest BCUT2D eigenvalue weighted by molar-refractivity contribution is 5.77. The van der Waals surface area contributed by atoms with Crippen LogP contribution in [-0.2, 0) is 16.0 Å². The number of amides is 1. The molecule has 0 spiro atoms. The van der Waals surface area contributed by atoms with Crippen molar-refractivity contribution >= 4 is 5.91 Å². The first-order valence-electron chi connectivity index (χ1n) is 5.51. The molecule has 4 nitrogen and oxygen atoms in total. The Morgan fingerprint density at radius 3 is 2.81 bits per heavy atom. The van der Waals surface area contributed by atoms with Crippen molar-refractivity contribution in [2.45, 2.75) is 39.3 Å². The number of ether oxygens (including phenoxy) is 1. The van der Waals surface area contributed by atoms with Crippen molar-refractivity contribution in [2.75, 3.05) is 6.61 Å². The highest BCUT2D eigenvalue weighted by Crippen LogP contribution is 2.03. The molecule has 0 bridgehead atoms. The second-order valence-corrected chi connectivity index (χ2v) is 4.11. The summed E-state index contributed by atoms with van der Waals surface area (Å²) in [6.07, 6.45) is 2.40. The van der Waals surface area contributed by atoms with E-state index in [1.54, 1.807) is 6.26 Å². The summed E-state index contributed by atoms with van der Waals surface area (Å²) in [6.45, 7) is 5.86. The molecule has 1 aromatic heterocycles. The third kappa shape index (κ3) is 4.98. The van der Waals surface area contributed by atoms with Crippen molar-refractivity contribution in [3.05, 3.63) is 24.2 Å². The number of carbonyl (C=O) groups is 1. The fourth-order valence-electron chi connectivity index (χ4n) is 1.34. The molecule has 0 fully saturated rings. The lowest BCUT2D eigenvalue weighted by atomic mass is 10.2. The van der Waals surface area contributed by atoms with Crippen molar-refractivity contribution in [2.24, 2.45) is 0 Å². The molecule has 0 saturated heterocycles. The standard InChI is InChI=1S/C12H19NO3/c1-9(2)16-8-12(14)13-10(3)7-11-5-4-6-15-11/h4-6,9-10H,7-8H2,1-3H3,(H,13,14). The van der Waals surface area contributed by atoms with E-state index in [0.29, 0.717) is 6.42 Å². The molecule has 4 heteroatoms. The molecule has 0 saturated carbocycles. The minimum Gasteiger partial charge on any atom is -0.469 e. The number of furan rings is 1. The Morgan fingerprint density at radius 2 is 2.25 bits per heavy atom. The monoisotopic (exact) mass is 225 g/mol. The Kier molecular flexibility index (Phi) is 5.05. The first-order chi connectivity index (χ1) is 7.58. The van der Waals surface area contributed by atoms with E-state index >= 15 is 0 Å². The van der Waals surface area contributed by atoms with Gasteiger partial charge in [-0.3, -0.25) is 4.79 Å². The van der Waals surface area contributed by atoms with Crippen LogP contribution in [-0.4, -0.2) is 24.7 Å². The quantitative estimate of drug-likeness (QED) is 0.802. The topological polar surface area (TPSA) is 51.5 Å². The first kappa shape index (κ1) is 12.8. The fourth-order valence-corrected chi connectivity index (χ4v) is 1.34. The van der Waals surface area contributed by atoms with Crippen LogP contribution in [0.5, 0.6) is 0 Å². The number of carbonyl (C=O) groups excluding carboxylic acids is 1. The van der Waals surface area contributed by atoms with E-state index in [2.05, 4.69) is 5.32 Å². The summed E-state index contributed by atoms with van der Waals surface area (Å²) in [5, 5.41) is 2.85. The number of hydrogen-bond donors (Lipinski definition) is 1. The fraction of sp³-hybridized carbons (Fsp3) is 0.583. The van der Waals surface area contributed by atoms with Gasteiger partial charge < -0.3 is 14.5 Å². The SMILES string of the molecule is CC(Cc1ccco1)NC(=O)COC(C)C. The maximum atomic E-state index is 11.4. The smallest absolute Gasteiger partial charge is 0.246 e. The summed E-state index contributed by atoms with van der Waals surface area (Å²) < 4.78 is 10.4. The molecule has 90 valence electrons. The normalized spacial score (nSPS) is 12.8. The summed E-state index contributed by atoms with van der Waals surface area (Å²) in [4.78, 5) is 11.4. The van der Waals surface area contributed by atoms with Crippen molar-refractivity contribution in [3.63, 3.8) is 0 Å². The molecular weight excluding hydrogens is 206 g/mol. The molecule has 1 N–H and O–H groups in total. The van der Waals surface area contributed by atoms with Crippen molar-refractivity contribution < 1.29 is 13.9 Å². The third-order valence-electron chi connectivity index (χ3n) is 2.04. The van der Waals surface area contributed by atoms with Crippen LogP contribution < -0.4 is 5.32 Å². The first-order valence-corrected chi connectivity index (χ1v) is 5.51. The van der Waals surface area contributed by atoms with Gasteiger partial charge in [0.25, 0.3) is 0 Å². The van der Waals surface area contributed by atoms with E-state index < -0.39 is 0 Å². The van der Waals surface area contributed by atoms with Gasteiger partial charge in [-0.1, -0.05) is 0 Å². The molecule has 0 aliphatic heterocycles. The van der Waals surface area contributed by atoms with Gasteiger partial charge in [0, 0.05) is 12.5 Å². The van der Waals surface area contributed by atoms with Gasteiger partial charge in [0.15, 0.2) is 0 Å². The van der Waals surface area contributed by atoms with Crippen LogP contribution in [0.15, 0.2) is 22.8 Å². The predicted octanol–water partition coefficient (Wildman–Crippen LogP) is 1.75. The Balaban J connectivity index is 2.23. The van der Waals surface area contributed by atoms with Crippen LogP contribution in [0, 0.1) is 0 Å². The van der Waals surface area contributed by atoms with Crippen LogP contribution in [0.2, 0.25) is 0 Å². The summed E-state index contributed by atoms with van der Waals surface area (Å²) in [5.74, 6) is 0.783. The summed E-state index contributed by atoms with van der Waals surface area (Å²) >= 11 is 0. The molecule has 1 amide bonds. The number of nitrogens with one attached hydrogen (secondary N) is 1. The molecule has 0 aromatic carbocycles. The lowest BCUT2D eigenvalue weighted by molar-refractivity contribution is -0.127. The minimum atomic E-state index is -0.0900. The molecule has 0 aliphatic carbocycles. The molecular formula is C12H19NO3. The van der Waals surface area contributed by atoms with E-state index in [1.807, 2.05) is 32.9 Å². The molecule has 16 heavy (non-hydrogen) atoms. The second-order valence-electron chi connectivity index (χ2n) is 4.11. The third-order valence-corrected chi connectivity index (χ3v) is 2.04. The highest BCUT2D eigenvalue weighted by Gasteiger charge is 2.10. The predicted molar refractivity (Wildman–Crippen MR) is 61.1 cm³/mol. The summed E-state index contributed by atoms with van der Waals surface area (Å²) in [6, 6.07) is 3.79. The lowest BCUT2D eigenvalue weighted by Gasteiger charge is -2.13. The molecule has 1 atom stereocenters. The van der Waals surface area contributed by atoms with Gasteiger partial charge in [-0.15, -0.1) is 0 Å². The maximum Gasteiger partial charge on any atom is 0.246 e.